The number of piperidine rings is 1. The van der Waals surface area contributed by atoms with Crippen LogP contribution in [-0.4, -0.2) is 85.1 Å². The Morgan fingerprint density at radius 2 is 1.84 bits per heavy atom. The Kier molecular flexibility index (Phi) is 7.75. The van der Waals surface area contributed by atoms with Crippen LogP contribution in [0.1, 0.15) is 55.7 Å². The quantitative estimate of drug-likeness (QED) is 0.295. The summed E-state index contributed by atoms with van der Waals surface area (Å²) in [5, 5.41) is 21.9. The van der Waals surface area contributed by atoms with Gasteiger partial charge in [-0.25, -0.2) is 23.4 Å². The van der Waals surface area contributed by atoms with Gasteiger partial charge in [-0.3, -0.25) is 4.68 Å². The number of aliphatic hydroxyl groups excluding tert-OH is 1. The number of ether oxygens (including phenoxy) is 1. The molecule has 13 nitrogen and oxygen atoms in total. The van der Waals surface area contributed by atoms with Gasteiger partial charge in [0, 0.05) is 51.0 Å². The second kappa shape index (κ2) is 12.0. The minimum atomic E-state index is -3.48. The number of hydrogen-bond acceptors (Lipinski definition) is 11. The molecule has 7 rings (SSSR count). The summed E-state index contributed by atoms with van der Waals surface area (Å²) >= 11 is 0. The fourth-order valence-electron chi connectivity index (χ4n) is 5.51. The van der Waals surface area contributed by atoms with Gasteiger partial charge in [-0.1, -0.05) is 11.8 Å². The first kappa shape index (κ1) is 28.5. The molecule has 14 heteroatoms. The molecule has 0 spiro atoms. The van der Waals surface area contributed by atoms with E-state index in [0.29, 0.717) is 48.5 Å². The van der Waals surface area contributed by atoms with E-state index in [4.69, 9.17) is 4.74 Å². The zero-order chi connectivity index (χ0) is 30.1. The van der Waals surface area contributed by atoms with E-state index in [1.807, 2.05) is 16.9 Å². The van der Waals surface area contributed by atoms with E-state index in [-0.39, 0.29) is 5.25 Å². The molecule has 228 valence electrons. The topological polar surface area (TPSA) is 153 Å². The van der Waals surface area contributed by atoms with Crippen molar-refractivity contribution in [1.82, 2.24) is 33.9 Å². The highest BCUT2D eigenvalue weighted by Crippen LogP contribution is 2.31. The smallest absolute Gasteiger partial charge is 0.256 e. The van der Waals surface area contributed by atoms with Crippen LogP contribution in [0.4, 0.5) is 17.3 Å². The van der Waals surface area contributed by atoms with Crippen LogP contribution >= 0.6 is 0 Å². The lowest BCUT2D eigenvalue weighted by Crippen LogP contribution is -2.38. The Balaban J connectivity index is 1.13. The molecule has 0 amide bonds. The molecule has 4 aromatic heterocycles. The van der Waals surface area contributed by atoms with Gasteiger partial charge in [-0.05, 0) is 44.6 Å². The van der Waals surface area contributed by atoms with Crippen LogP contribution in [0.2, 0.25) is 0 Å². The Morgan fingerprint density at radius 3 is 2.66 bits per heavy atom. The Labute approximate surface area is 255 Å². The molecule has 1 aliphatic carbocycles. The molecule has 44 heavy (non-hydrogen) atoms. The molecule has 1 atom stereocenters. The van der Waals surface area contributed by atoms with Crippen molar-refractivity contribution in [3.8, 4) is 23.2 Å². The van der Waals surface area contributed by atoms with E-state index < -0.39 is 16.1 Å². The number of nitrogens with one attached hydrogen (secondary N) is 1. The van der Waals surface area contributed by atoms with E-state index in [1.165, 1.54) is 12.4 Å². The number of pyridine rings is 1. The summed E-state index contributed by atoms with van der Waals surface area (Å²) in [7, 11) is -3.48. The highest BCUT2D eigenvalue weighted by atomic mass is 32.2. The summed E-state index contributed by atoms with van der Waals surface area (Å²) in [5.41, 5.74) is 2.94. The third-order valence-electron chi connectivity index (χ3n) is 8.06. The van der Waals surface area contributed by atoms with Crippen LogP contribution in [0.15, 0.2) is 49.3 Å². The summed E-state index contributed by atoms with van der Waals surface area (Å²) in [4.78, 5) is 15.6. The molecule has 4 aromatic rings. The second-order valence-electron chi connectivity index (χ2n) is 11.4. The molecule has 2 N–H and O–H groups in total. The maximum absolute atomic E-state index is 12.6. The number of aliphatic hydroxyl groups is 1. The maximum atomic E-state index is 12.6. The first-order chi connectivity index (χ1) is 21.4. The van der Waals surface area contributed by atoms with Crippen molar-refractivity contribution in [2.24, 2.45) is 0 Å². The predicted molar refractivity (Wildman–Crippen MR) is 163 cm³/mol. The highest BCUT2D eigenvalue weighted by Gasteiger charge is 2.37. The van der Waals surface area contributed by atoms with E-state index >= 15 is 0 Å². The fraction of sp³-hybridized carbons (Fsp3) is 0.433. The number of nitrogens with zero attached hydrogens (tertiary/aromatic N) is 8. The lowest BCUT2D eigenvalue weighted by molar-refractivity contribution is 0.0662. The number of hydrogen-bond donors (Lipinski definition) is 2. The molecule has 3 aliphatic rings. The molecule has 0 aromatic carbocycles. The molecule has 2 saturated heterocycles. The van der Waals surface area contributed by atoms with E-state index in [1.54, 1.807) is 24.7 Å². The van der Waals surface area contributed by atoms with Crippen molar-refractivity contribution in [1.29, 1.82) is 0 Å². The van der Waals surface area contributed by atoms with Crippen molar-refractivity contribution in [3.05, 3.63) is 60.4 Å². The van der Waals surface area contributed by atoms with Gasteiger partial charge >= 0.3 is 0 Å². The van der Waals surface area contributed by atoms with Crippen molar-refractivity contribution >= 4 is 27.3 Å². The normalized spacial score (nSPS) is 19.4. The van der Waals surface area contributed by atoms with Gasteiger partial charge in [0.2, 0.25) is 0 Å². The molecule has 3 fully saturated rings. The van der Waals surface area contributed by atoms with Gasteiger partial charge in [-0.15, -0.1) is 0 Å². The Morgan fingerprint density at radius 1 is 0.977 bits per heavy atom. The van der Waals surface area contributed by atoms with Crippen molar-refractivity contribution < 1.29 is 18.3 Å². The summed E-state index contributed by atoms with van der Waals surface area (Å²) in [6.45, 7) is 2.79. The van der Waals surface area contributed by atoms with Crippen LogP contribution < -0.4 is 10.2 Å². The van der Waals surface area contributed by atoms with Crippen LogP contribution in [-0.2, 0) is 14.8 Å². The molecule has 6 heterocycles. The molecular formula is C30H33N9O4S. The Hall–Kier alpha value is -4.32. The SMILES string of the molecule is O=S(=O)(C1CC1)n1cc(-c2nccc(Nc3cc(N4CCCC(O)C4)c(C#Cc4cnn(C5CCOCC5)c4)cn3)n2)cn1. The molecule has 1 saturated carbocycles. The number of β-amino-alcohol motifs (C(OH)–C–C–N with tert-alkyl or cyclic N) is 1. The number of aromatic nitrogens is 7. The highest BCUT2D eigenvalue weighted by molar-refractivity contribution is 7.90. The van der Waals surface area contributed by atoms with Crippen molar-refractivity contribution in [2.45, 2.75) is 55.9 Å². The average molecular weight is 616 g/mol. The number of rotatable bonds is 7. The third-order valence-corrected chi connectivity index (χ3v) is 10.1. The van der Waals surface area contributed by atoms with E-state index in [9.17, 15) is 13.5 Å². The second-order valence-corrected chi connectivity index (χ2v) is 13.4. The largest absolute Gasteiger partial charge is 0.391 e. The van der Waals surface area contributed by atoms with Crippen molar-refractivity contribution in [2.75, 3.05) is 36.5 Å². The lowest BCUT2D eigenvalue weighted by Gasteiger charge is -2.32. The van der Waals surface area contributed by atoms with Crippen LogP contribution in [0, 0.1) is 11.8 Å². The zero-order valence-corrected chi connectivity index (χ0v) is 24.9. The van der Waals surface area contributed by atoms with Crippen LogP contribution in [0.25, 0.3) is 11.4 Å². The maximum Gasteiger partial charge on any atom is 0.256 e. The molecule has 0 radical (unpaired) electrons. The van der Waals surface area contributed by atoms with Gasteiger partial charge in [0.25, 0.3) is 10.0 Å². The van der Waals surface area contributed by atoms with Gasteiger partial charge in [0.1, 0.15) is 11.6 Å². The van der Waals surface area contributed by atoms with Gasteiger partial charge in [0.05, 0.1) is 58.4 Å². The standard InChI is InChI=1S/C30H33N9O4S/c40-25-2-1-11-37(20-25)27-14-29(32-16-22(27)4-3-21-15-33-38(18-21)24-8-12-43-13-9-24)35-28-7-10-31-30(36-28)23-17-34-39(19-23)44(41,42)26-5-6-26/h7,10,14-19,24-26,40H,1-2,5-6,8-9,11-13,20H2,(H,31,32,35,36). The van der Waals surface area contributed by atoms with E-state index in [0.717, 1.165) is 66.3 Å². The van der Waals surface area contributed by atoms with Gasteiger partial charge < -0.3 is 20.1 Å². The van der Waals surface area contributed by atoms with Crippen molar-refractivity contribution in [3.63, 3.8) is 0 Å². The monoisotopic (exact) mass is 615 g/mol. The summed E-state index contributed by atoms with van der Waals surface area (Å²) in [6.07, 6.45) is 14.4. The van der Waals surface area contributed by atoms with Crippen LogP contribution in [0.5, 0.6) is 0 Å². The van der Waals surface area contributed by atoms with Gasteiger partial charge in [0.15, 0.2) is 5.82 Å². The zero-order valence-electron chi connectivity index (χ0n) is 24.1. The minimum Gasteiger partial charge on any atom is -0.391 e. The fourth-order valence-corrected chi connectivity index (χ4v) is 6.99. The third kappa shape index (κ3) is 6.17. The summed E-state index contributed by atoms with van der Waals surface area (Å²) in [5.74, 6) is 7.91. The summed E-state index contributed by atoms with van der Waals surface area (Å²) < 4.78 is 33.6. The van der Waals surface area contributed by atoms with Crippen LogP contribution in [0.3, 0.4) is 0 Å². The minimum absolute atomic E-state index is 0.325. The first-order valence-corrected chi connectivity index (χ1v) is 16.4. The number of anilines is 3. The van der Waals surface area contributed by atoms with E-state index in [2.05, 4.69) is 47.2 Å². The summed E-state index contributed by atoms with van der Waals surface area (Å²) in [6, 6.07) is 3.95. The molecule has 1 unspecified atom stereocenters. The predicted octanol–water partition coefficient (Wildman–Crippen LogP) is 2.73. The first-order valence-electron chi connectivity index (χ1n) is 14.9. The molecule has 0 bridgehead atoms. The molecular weight excluding hydrogens is 582 g/mol. The average Bonchev–Trinajstić information content (AvgIpc) is 3.60. The molecule has 2 aliphatic heterocycles. The lowest BCUT2D eigenvalue weighted by atomic mass is 10.1. The Bertz CT molecular complexity index is 1820. The van der Waals surface area contributed by atoms with Gasteiger partial charge in [-0.2, -0.15) is 14.3 Å².